The Morgan fingerprint density at radius 3 is 2.41 bits per heavy atom. The third-order valence-electron chi connectivity index (χ3n) is 5.22. The number of methoxy groups -OCH3 is 2. The van der Waals surface area contributed by atoms with Crippen molar-refractivity contribution >= 4 is 21.8 Å². The second-order valence-corrected chi connectivity index (χ2v) is 9.20. The smallest absolute Gasteiger partial charge is 0.343 e. The number of nitrogens with zero attached hydrogens (tertiary/aromatic N) is 1. The molecule has 0 aliphatic heterocycles. The first-order valence-corrected chi connectivity index (χ1v) is 11.5. The summed E-state index contributed by atoms with van der Waals surface area (Å²) >= 11 is 0. The molecule has 10 nitrogen and oxygen atoms in total. The van der Waals surface area contributed by atoms with Crippen molar-refractivity contribution < 1.29 is 32.6 Å². The molecule has 0 radical (unpaired) electrons. The molecule has 2 aromatic heterocycles. The molecule has 178 valence electrons. The van der Waals surface area contributed by atoms with Crippen LogP contribution in [0.2, 0.25) is 0 Å². The van der Waals surface area contributed by atoms with Gasteiger partial charge in [0.2, 0.25) is 9.84 Å². The maximum atomic E-state index is 13.4. The highest BCUT2D eigenvalue weighted by Crippen LogP contribution is 2.37. The van der Waals surface area contributed by atoms with Crippen molar-refractivity contribution in [3.63, 3.8) is 0 Å². The number of ether oxygens (including phenoxy) is 2. The Morgan fingerprint density at radius 1 is 1.12 bits per heavy atom. The zero-order chi connectivity index (χ0) is 25.0. The van der Waals surface area contributed by atoms with E-state index in [4.69, 9.17) is 4.74 Å². The lowest BCUT2D eigenvalue weighted by Crippen LogP contribution is -2.23. The molecule has 0 saturated heterocycles. The van der Waals surface area contributed by atoms with Crippen LogP contribution < -0.4 is 5.56 Å². The van der Waals surface area contributed by atoms with Crippen LogP contribution >= 0.6 is 0 Å². The molecule has 0 amide bonds. The van der Waals surface area contributed by atoms with Crippen molar-refractivity contribution in [3.05, 3.63) is 81.4 Å². The number of rotatable bonds is 7. The van der Waals surface area contributed by atoms with E-state index in [0.29, 0.717) is 0 Å². The minimum atomic E-state index is -4.19. The number of aromatic hydroxyl groups is 1. The number of H-pyrrole nitrogens is 1. The number of pyridine rings is 2. The van der Waals surface area contributed by atoms with E-state index in [0.717, 1.165) is 26.0 Å². The molecule has 3 aromatic rings. The van der Waals surface area contributed by atoms with Crippen LogP contribution in [-0.2, 0) is 24.1 Å². The number of sulfone groups is 1. The minimum absolute atomic E-state index is 0.0312. The van der Waals surface area contributed by atoms with Crippen LogP contribution in [0.5, 0.6) is 5.75 Å². The number of aryl methyl sites for hydroxylation is 1. The second-order valence-electron chi connectivity index (χ2n) is 7.33. The number of hydrogen-bond acceptors (Lipinski definition) is 9. The van der Waals surface area contributed by atoms with Crippen molar-refractivity contribution in [2.75, 3.05) is 14.2 Å². The average molecular weight is 487 g/mol. The maximum Gasteiger partial charge on any atom is 0.343 e. The standard InChI is InChI=1S/C23H22N2O8S/c1-13-6-8-14(9-7-13)34(30,31)22-15(5-4-10-24-22)16(11-18(26)32-2)19-20(27)17(23(29)33-3)12-25-21(19)28/h4-10,12,16H,11H2,1-3H3,(H2,25,27,28)/t16-/m1/s1. The molecule has 2 heterocycles. The second kappa shape index (κ2) is 9.87. The summed E-state index contributed by atoms with van der Waals surface area (Å²) in [5, 5.41) is 10.4. The summed E-state index contributed by atoms with van der Waals surface area (Å²) in [6, 6.07) is 8.89. The van der Waals surface area contributed by atoms with E-state index >= 15 is 0 Å². The first-order valence-electron chi connectivity index (χ1n) is 9.98. The topological polar surface area (TPSA) is 153 Å². The summed E-state index contributed by atoms with van der Waals surface area (Å²) in [6.45, 7) is 1.80. The number of aromatic nitrogens is 2. The largest absolute Gasteiger partial charge is 0.506 e. The van der Waals surface area contributed by atoms with Crippen molar-refractivity contribution in [2.24, 2.45) is 0 Å². The number of carbonyl (C=O) groups excluding carboxylic acids is 2. The predicted molar refractivity (Wildman–Crippen MR) is 119 cm³/mol. The SMILES string of the molecule is COC(=O)C[C@H](c1cccnc1S(=O)(=O)c1ccc(C)cc1)c1c(O)c(C(=O)OC)c[nH]c1=O. The number of carbonyl (C=O) groups is 2. The summed E-state index contributed by atoms with van der Waals surface area (Å²) in [6.07, 6.45) is 1.71. The van der Waals surface area contributed by atoms with E-state index in [2.05, 4.69) is 14.7 Å². The quantitative estimate of drug-likeness (QED) is 0.478. The van der Waals surface area contributed by atoms with Gasteiger partial charge in [-0.3, -0.25) is 9.59 Å². The Morgan fingerprint density at radius 2 is 1.79 bits per heavy atom. The molecule has 0 bridgehead atoms. The van der Waals surface area contributed by atoms with Crippen LogP contribution in [0.15, 0.2) is 63.5 Å². The van der Waals surface area contributed by atoms with Crippen LogP contribution in [0, 0.1) is 6.92 Å². The monoisotopic (exact) mass is 486 g/mol. The molecule has 0 unspecified atom stereocenters. The first kappa shape index (κ1) is 24.6. The van der Waals surface area contributed by atoms with Crippen LogP contribution in [0.3, 0.4) is 0 Å². The van der Waals surface area contributed by atoms with Gasteiger partial charge in [0.15, 0.2) is 5.03 Å². The number of benzene rings is 1. The third-order valence-corrected chi connectivity index (χ3v) is 6.96. The molecule has 0 aliphatic rings. The van der Waals surface area contributed by atoms with Crippen molar-refractivity contribution in [3.8, 4) is 5.75 Å². The highest BCUT2D eigenvalue weighted by Gasteiger charge is 2.33. The molecule has 34 heavy (non-hydrogen) atoms. The number of hydrogen-bond donors (Lipinski definition) is 2. The van der Waals surface area contributed by atoms with E-state index in [1.807, 2.05) is 0 Å². The third kappa shape index (κ3) is 4.69. The average Bonchev–Trinajstić information content (AvgIpc) is 2.83. The zero-order valence-corrected chi connectivity index (χ0v) is 19.4. The molecule has 11 heteroatoms. The van der Waals surface area contributed by atoms with Gasteiger partial charge in [-0.1, -0.05) is 23.8 Å². The van der Waals surface area contributed by atoms with E-state index in [9.17, 15) is 27.9 Å². The Bertz CT molecular complexity index is 1400. The van der Waals surface area contributed by atoms with E-state index in [-0.39, 0.29) is 16.0 Å². The molecular formula is C23H22N2O8S. The molecule has 0 saturated carbocycles. The van der Waals surface area contributed by atoms with Gasteiger partial charge in [0.25, 0.3) is 5.56 Å². The van der Waals surface area contributed by atoms with Crippen LogP contribution in [-0.4, -0.2) is 49.7 Å². The van der Waals surface area contributed by atoms with Gasteiger partial charge in [0.1, 0.15) is 11.3 Å². The summed E-state index contributed by atoms with van der Waals surface area (Å²) in [7, 11) is -1.97. The van der Waals surface area contributed by atoms with Crippen LogP contribution in [0.4, 0.5) is 0 Å². The highest BCUT2D eigenvalue weighted by molar-refractivity contribution is 7.91. The lowest BCUT2D eigenvalue weighted by Gasteiger charge is -2.20. The van der Waals surface area contributed by atoms with Gasteiger partial charge >= 0.3 is 11.9 Å². The van der Waals surface area contributed by atoms with Gasteiger partial charge in [-0.25, -0.2) is 18.2 Å². The lowest BCUT2D eigenvalue weighted by atomic mass is 9.88. The van der Waals surface area contributed by atoms with E-state index < -0.39 is 56.0 Å². The minimum Gasteiger partial charge on any atom is -0.506 e. The van der Waals surface area contributed by atoms with Crippen molar-refractivity contribution in [1.82, 2.24) is 9.97 Å². The lowest BCUT2D eigenvalue weighted by molar-refractivity contribution is -0.140. The molecule has 1 atom stereocenters. The normalized spacial score (nSPS) is 12.1. The molecule has 0 aliphatic carbocycles. The fourth-order valence-electron chi connectivity index (χ4n) is 3.46. The highest BCUT2D eigenvalue weighted by atomic mass is 32.2. The Kier molecular flexibility index (Phi) is 7.16. The van der Waals surface area contributed by atoms with Gasteiger partial charge in [-0.2, -0.15) is 0 Å². The van der Waals surface area contributed by atoms with Crippen LogP contribution in [0.1, 0.15) is 39.4 Å². The summed E-state index contributed by atoms with van der Waals surface area (Å²) in [4.78, 5) is 43.4. The first-order chi connectivity index (χ1) is 16.1. The Hall–Kier alpha value is -3.99. The number of aromatic amines is 1. The van der Waals surface area contributed by atoms with Crippen LogP contribution in [0.25, 0.3) is 0 Å². The van der Waals surface area contributed by atoms with Gasteiger partial charge in [0, 0.05) is 18.3 Å². The number of esters is 2. The van der Waals surface area contributed by atoms with Gasteiger partial charge in [-0.05, 0) is 30.7 Å². The van der Waals surface area contributed by atoms with E-state index in [1.165, 1.54) is 30.5 Å². The zero-order valence-electron chi connectivity index (χ0n) is 18.6. The van der Waals surface area contributed by atoms with E-state index in [1.54, 1.807) is 19.1 Å². The molecule has 3 rings (SSSR count). The predicted octanol–water partition coefficient (Wildman–Crippen LogP) is 2.10. The number of nitrogens with one attached hydrogen (secondary N) is 1. The molecule has 0 fully saturated rings. The van der Waals surface area contributed by atoms with Crippen molar-refractivity contribution in [1.29, 1.82) is 0 Å². The maximum absolute atomic E-state index is 13.4. The summed E-state index contributed by atoms with van der Waals surface area (Å²) < 4.78 is 36.2. The summed E-state index contributed by atoms with van der Waals surface area (Å²) in [5.74, 6) is -3.78. The molecular weight excluding hydrogens is 464 g/mol. The molecule has 1 aromatic carbocycles. The molecule has 2 N–H and O–H groups in total. The Balaban J connectivity index is 2.30. The van der Waals surface area contributed by atoms with Gasteiger partial charge in [0.05, 0.1) is 31.1 Å². The fraction of sp³-hybridized carbons (Fsp3) is 0.217. The van der Waals surface area contributed by atoms with Crippen molar-refractivity contribution in [2.45, 2.75) is 29.2 Å². The summed E-state index contributed by atoms with van der Waals surface area (Å²) in [5.41, 5.74) is -0.779. The van der Waals surface area contributed by atoms with Gasteiger partial charge < -0.3 is 19.6 Å². The Labute approximate surface area is 195 Å². The fourth-order valence-corrected chi connectivity index (χ4v) is 4.90. The molecule has 0 spiro atoms. The van der Waals surface area contributed by atoms with Gasteiger partial charge in [-0.15, -0.1) is 0 Å².